The van der Waals surface area contributed by atoms with Crippen molar-refractivity contribution in [3.8, 4) is 17.3 Å². The van der Waals surface area contributed by atoms with Crippen LogP contribution in [0.5, 0.6) is 0 Å². The summed E-state index contributed by atoms with van der Waals surface area (Å²) in [6, 6.07) is 7.30. The molecule has 2 N–H and O–H groups in total. The Morgan fingerprint density at radius 1 is 1.41 bits per heavy atom. The number of amides is 1. The molecule has 0 spiro atoms. The van der Waals surface area contributed by atoms with Crippen molar-refractivity contribution in [1.82, 2.24) is 20.1 Å². The number of carbonyl (C=O) groups is 1. The van der Waals surface area contributed by atoms with Crippen LogP contribution < -0.4 is 5.32 Å². The van der Waals surface area contributed by atoms with Gasteiger partial charge in [0.25, 0.3) is 5.91 Å². The van der Waals surface area contributed by atoms with E-state index < -0.39 is 12.0 Å². The molecule has 3 aromatic rings. The Morgan fingerprint density at radius 2 is 2.17 bits per heavy atom. The molecule has 2 heterocycles. The van der Waals surface area contributed by atoms with Gasteiger partial charge in [0.05, 0.1) is 22.3 Å². The summed E-state index contributed by atoms with van der Waals surface area (Å²) >= 11 is 6.25. The van der Waals surface area contributed by atoms with Gasteiger partial charge in [-0.2, -0.15) is 10.4 Å². The number of nitrogens with zero attached hydrogens (tertiary/aromatic N) is 4. The van der Waals surface area contributed by atoms with E-state index >= 15 is 0 Å². The van der Waals surface area contributed by atoms with Gasteiger partial charge >= 0.3 is 0 Å². The van der Waals surface area contributed by atoms with Gasteiger partial charge in [-0.3, -0.25) is 9.48 Å². The van der Waals surface area contributed by atoms with Gasteiger partial charge in [0, 0.05) is 18.3 Å². The highest BCUT2D eigenvalue weighted by atomic mass is 35.5. The van der Waals surface area contributed by atoms with E-state index in [4.69, 9.17) is 21.3 Å². The van der Waals surface area contributed by atoms with Crippen molar-refractivity contribution in [3.05, 3.63) is 58.4 Å². The van der Waals surface area contributed by atoms with Crippen LogP contribution in [0.25, 0.3) is 11.3 Å². The number of hydrogen-bond donors (Lipinski definition) is 2. The molecule has 2 unspecified atom stereocenters. The molecule has 0 aliphatic carbocycles. The van der Waals surface area contributed by atoms with Crippen molar-refractivity contribution < 1.29 is 14.3 Å². The Balaban J connectivity index is 1.68. The third-order valence-corrected chi connectivity index (χ3v) is 5.00. The third kappa shape index (κ3) is 4.31. The lowest BCUT2D eigenvalue weighted by Gasteiger charge is -2.13. The van der Waals surface area contributed by atoms with Crippen molar-refractivity contribution in [2.24, 2.45) is 0 Å². The summed E-state index contributed by atoms with van der Waals surface area (Å²) < 4.78 is 6.80. The molecule has 0 saturated carbocycles. The molecule has 2 aromatic heterocycles. The zero-order chi connectivity index (χ0) is 21.1. The summed E-state index contributed by atoms with van der Waals surface area (Å²) in [5.41, 5.74) is 2.89. The second kappa shape index (κ2) is 8.47. The van der Waals surface area contributed by atoms with E-state index in [9.17, 15) is 9.90 Å². The SMILES string of the molecule is Cc1c(-c2ccn(C(C)CNC(=O)c3coc(C(C)O)n3)n2)ccc(C#N)c1Cl. The van der Waals surface area contributed by atoms with Crippen LogP contribution in [0.2, 0.25) is 5.02 Å². The van der Waals surface area contributed by atoms with Crippen molar-refractivity contribution in [1.29, 1.82) is 5.26 Å². The number of aromatic nitrogens is 3. The fourth-order valence-corrected chi connectivity index (χ4v) is 2.99. The maximum absolute atomic E-state index is 12.2. The van der Waals surface area contributed by atoms with Crippen molar-refractivity contribution in [2.75, 3.05) is 6.54 Å². The van der Waals surface area contributed by atoms with Gasteiger partial charge in [-0.15, -0.1) is 0 Å². The number of hydrogen-bond acceptors (Lipinski definition) is 6. The summed E-state index contributed by atoms with van der Waals surface area (Å²) in [6.45, 7) is 5.60. The average Bonchev–Trinajstić information content (AvgIpc) is 3.38. The minimum atomic E-state index is -0.878. The molecule has 8 nitrogen and oxygen atoms in total. The zero-order valence-electron chi connectivity index (χ0n) is 16.2. The summed E-state index contributed by atoms with van der Waals surface area (Å²) in [5, 5.41) is 26.3. The molecule has 29 heavy (non-hydrogen) atoms. The normalized spacial score (nSPS) is 13.0. The second-order valence-corrected chi connectivity index (χ2v) is 7.08. The molecular weight excluding hydrogens is 394 g/mol. The van der Waals surface area contributed by atoms with Crippen LogP contribution in [0.15, 0.2) is 35.1 Å². The fraction of sp³-hybridized carbons (Fsp3) is 0.300. The van der Waals surface area contributed by atoms with E-state index in [1.807, 2.05) is 32.2 Å². The van der Waals surface area contributed by atoms with Gasteiger partial charge < -0.3 is 14.8 Å². The summed E-state index contributed by atoms with van der Waals surface area (Å²) in [4.78, 5) is 16.1. The number of rotatable bonds is 6. The fourth-order valence-electron chi connectivity index (χ4n) is 2.78. The minimum absolute atomic E-state index is 0.0939. The van der Waals surface area contributed by atoms with Gasteiger partial charge in [0.1, 0.15) is 18.4 Å². The summed E-state index contributed by atoms with van der Waals surface area (Å²) in [5.74, 6) is -0.300. The largest absolute Gasteiger partial charge is 0.445 e. The zero-order valence-corrected chi connectivity index (χ0v) is 16.9. The molecule has 9 heteroatoms. The highest BCUT2D eigenvalue weighted by Crippen LogP contribution is 2.30. The monoisotopic (exact) mass is 413 g/mol. The molecular formula is C20H20ClN5O3. The molecule has 2 atom stereocenters. The Kier molecular flexibility index (Phi) is 6.01. The first kappa shape index (κ1) is 20.6. The Labute approximate surface area is 172 Å². The predicted molar refractivity (Wildman–Crippen MR) is 106 cm³/mol. The van der Waals surface area contributed by atoms with Crippen LogP contribution in [0.4, 0.5) is 0 Å². The minimum Gasteiger partial charge on any atom is -0.445 e. The molecule has 0 fully saturated rings. The molecule has 3 rings (SSSR count). The topological polar surface area (TPSA) is 117 Å². The van der Waals surface area contributed by atoms with Crippen LogP contribution in [0, 0.1) is 18.3 Å². The number of benzene rings is 1. The van der Waals surface area contributed by atoms with E-state index in [-0.39, 0.29) is 17.6 Å². The summed E-state index contributed by atoms with van der Waals surface area (Å²) in [7, 11) is 0. The van der Waals surface area contributed by atoms with Crippen LogP contribution >= 0.6 is 11.6 Å². The van der Waals surface area contributed by atoms with E-state index in [1.165, 1.54) is 13.2 Å². The smallest absolute Gasteiger partial charge is 0.273 e. The lowest BCUT2D eigenvalue weighted by molar-refractivity contribution is 0.0942. The Morgan fingerprint density at radius 3 is 2.83 bits per heavy atom. The van der Waals surface area contributed by atoms with Crippen LogP contribution in [0.1, 0.15) is 53.5 Å². The van der Waals surface area contributed by atoms with Crippen molar-refractivity contribution in [3.63, 3.8) is 0 Å². The number of oxazole rings is 1. The second-order valence-electron chi connectivity index (χ2n) is 6.70. The Hall–Kier alpha value is -3.15. The third-order valence-electron chi connectivity index (χ3n) is 4.51. The first-order valence-corrected chi connectivity index (χ1v) is 9.36. The lowest BCUT2D eigenvalue weighted by Crippen LogP contribution is -2.30. The number of aliphatic hydroxyl groups excluding tert-OH is 1. The molecule has 1 amide bonds. The highest BCUT2D eigenvalue weighted by molar-refractivity contribution is 6.32. The van der Waals surface area contributed by atoms with Gasteiger partial charge in [-0.25, -0.2) is 4.98 Å². The van der Waals surface area contributed by atoms with E-state index in [0.717, 1.165) is 16.8 Å². The maximum Gasteiger partial charge on any atom is 0.273 e. The van der Waals surface area contributed by atoms with Gasteiger partial charge in [0.2, 0.25) is 5.89 Å². The number of carbonyl (C=O) groups excluding carboxylic acids is 1. The summed E-state index contributed by atoms with van der Waals surface area (Å²) in [6.07, 6.45) is 2.15. The molecule has 0 radical (unpaired) electrons. The Bertz CT molecular complexity index is 1080. The highest BCUT2D eigenvalue weighted by Gasteiger charge is 2.17. The van der Waals surface area contributed by atoms with Gasteiger partial charge in [0.15, 0.2) is 5.69 Å². The van der Waals surface area contributed by atoms with E-state index in [2.05, 4.69) is 21.5 Å². The molecule has 0 aliphatic rings. The van der Waals surface area contributed by atoms with E-state index in [0.29, 0.717) is 17.1 Å². The number of nitriles is 1. The maximum atomic E-state index is 12.2. The average molecular weight is 414 g/mol. The van der Waals surface area contributed by atoms with Crippen LogP contribution in [-0.4, -0.2) is 32.3 Å². The first-order valence-electron chi connectivity index (χ1n) is 8.98. The van der Waals surface area contributed by atoms with E-state index in [1.54, 1.807) is 10.7 Å². The standard InChI is InChI=1S/C20H20ClN5O3/c1-11(9-23-19(28)17-10-29-20(24-17)13(3)27)26-7-6-16(25-26)15-5-4-14(8-22)18(21)12(15)2/h4-7,10-11,13,27H,9H2,1-3H3,(H,23,28). The van der Waals surface area contributed by atoms with Crippen LogP contribution in [-0.2, 0) is 0 Å². The van der Waals surface area contributed by atoms with Gasteiger partial charge in [-0.1, -0.05) is 17.7 Å². The first-order chi connectivity index (χ1) is 13.8. The molecule has 0 aliphatic heterocycles. The number of nitrogens with one attached hydrogen (secondary N) is 1. The van der Waals surface area contributed by atoms with Crippen LogP contribution in [0.3, 0.4) is 0 Å². The number of halogens is 1. The molecule has 0 bridgehead atoms. The van der Waals surface area contributed by atoms with Crippen molar-refractivity contribution >= 4 is 17.5 Å². The van der Waals surface area contributed by atoms with Crippen molar-refractivity contribution in [2.45, 2.75) is 32.9 Å². The quantitative estimate of drug-likeness (QED) is 0.639. The predicted octanol–water partition coefficient (Wildman–Crippen LogP) is 3.42. The molecule has 1 aromatic carbocycles. The molecule has 0 saturated heterocycles. The molecule has 150 valence electrons. The van der Waals surface area contributed by atoms with Gasteiger partial charge in [-0.05, 0) is 38.5 Å². The number of aliphatic hydroxyl groups is 1. The lowest BCUT2D eigenvalue weighted by atomic mass is 10.0.